The quantitative estimate of drug-likeness (QED) is 0.308. The van der Waals surface area contributed by atoms with Gasteiger partial charge in [0.1, 0.15) is 13.1 Å². The molecule has 1 aromatic rings. The molecule has 0 atom stereocenters. The molecule has 0 saturated carbocycles. The van der Waals surface area contributed by atoms with E-state index in [9.17, 15) is 0 Å². The van der Waals surface area contributed by atoms with E-state index in [1.54, 1.807) is 13.3 Å². The molecule has 31 heavy (non-hydrogen) atoms. The summed E-state index contributed by atoms with van der Waals surface area (Å²) >= 11 is 5.67. The lowest BCUT2D eigenvalue weighted by atomic mass is 10.2. The molecule has 1 aromatic carbocycles. The Balaban J connectivity index is 1.89. The van der Waals surface area contributed by atoms with Crippen molar-refractivity contribution < 1.29 is 14.2 Å². The Bertz CT molecular complexity index is 809. The summed E-state index contributed by atoms with van der Waals surface area (Å²) in [5.74, 6) is 0.786. The minimum atomic E-state index is -2.18. The molecular formula is C21H34N5O3PS. The molecule has 8 nitrogen and oxygen atoms in total. The Morgan fingerprint density at radius 3 is 2.19 bits per heavy atom. The van der Waals surface area contributed by atoms with Crippen molar-refractivity contribution in [1.29, 1.82) is 0 Å². The van der Waals surface area contributed by atoms with Crippen LogP contribution in [0.15, 0.2) is 34.1 Å². The summed E-state index contributed by atoms with van der Waals surface area (Å²) in [7, 11) is -0.529. The molecule has 172 valence electrons. The number of nitrogens with one attached hydrogen (secondary N) is 1. The summed E-state index contributed by atoms with van der Waals surface area (Å²) in [5, 5.41) is 4.65. The van der Waals surface area contributed by atoms with Gasteiger partial charge in [-0.3, -0.25) is 14.8 Å². The molecule has 2 fully saturated rings. The first-order chi connectivity index (χ1) is 14.9. The highest BCUT2D eigenvalue weighted by Crippen LogP contribution is 2.66. The maximum atomic E-state index is 5.67. The highest BCUT2D eigenvalue weighted by Gasteiger charge is 2.45. The molecule has 0 amide bonds. The highest BCUT2D eigenvalue weighted by atomic mass is 32.1. The van der Waals surface area contributed by atoms with Crippen molar-refractivity contribution in [3.05, 3.63) is 29.8 Å². The van der Waals surface area contributed by atoms with E-state index in [1.807, 2.05) is 24.3 Å². The van der Waals surface area contributed by atoms with Gasteiger partial charge < -0.3 is 14.2 Å². The second-order valence-corrected chi connectivity index (χ2v) is 12.6. The Hall–Kier alpha value is -1.35. The van der Waals surface area contributed by atoms with Gasteiger partial charge in [-0.25, -0.2) is 4.74 Å². The van der Waals surface area contributed by atoms with Crippen molar-refractivity contribution >= 4 is 30.9 Å². The van der Waals surface area contributed by atoms with Gasteiger partial charge in [-0.2, -0.15) is 5.10 Å². The minimum absolute atomic E-state index is 0.0933. The van der Waals surface area contributed by atoms with Crippen LogP contribution >= 0.6 is 19.6 Å². The first kappa shape index (κ1) is 24.3. The van der Waals surface area contributed by atoms with Crippen LogP contribution in [0.5, 0.6) is 5.75 Å². The van der Waals surface area contributed by atoms with Gasteiger partial charge in [0.15, 0.2) is 0 Å². The molecule has 2 saturated heterocycles. The number of ether oxygens (including phenoxy) is 3. The van der Waals surface area contributed by atoms with Crippen molar-refractivity contribution in [2.75, 3.05) is 59.7 Å². The second kappa shape index (κ2) is 11.0. The average molecular weight is 468 g/mol. The summed E-state index contributed by atoms with van der Waals surface area (Å²) < 4.78 is 26.8. The largest absolute Gasteiger partial charge is 0.497 e. The fourth-order valence-corrected chi connectivity index (χ4v) is 8.74. The van der Waals surface area contributed by atoms with Crippen molar-refractivity contribution in [2.24, 2.45) is 9.85 Å². The van der Waals surface area contributed by atoms with E-state index in [0.717, 1.165) is 37.5 Å². The van der Waals surface area contributed by atoms with Crippen LogP contribution in [0, 0.1) is 0 Å². The molecule has 0 bridgehead atoms. The van der Waals surface area contributed by atoms with Gasteiger partial charge in [0.2, 0.25) is 5.11 Å². The summed E-state index contributed by atoms with van der Waals surface area (Å²) in [5.41, 5.74) is 3.90. The lowest BCUT2D eigenvalue weighted by Crippen LogP contribution is -2.48. The maximum Gasteiger partial charge on any atom is 0.214 e. The molecule has 1 N–H and O–H groups in total. The SMILES string of the molecule is COc1cccc(/C=N\NC(=S)N=P(N2CCOCC2)(N2CCOCC2)C(C)(C)C)c1. The molecule has 2 aliphatic heterocycles. The fraction of sp³-hybridized carbons (Fsp3) is 0.619. The lowest BCUT2D eigenvalue weighted by Gasteiger charge is -2.52. The summed E-state index contributed by atoms with van der Waals surface area (Å²) in [6.07, 6.45) is 1.73. The van der Waals surface area contributed by atoms with Gasteiger partial charge in [0.25, 0.3) is 0 Å². The predicted octanol–water partition coefficient (Wildman–Crippen LogP) is 3.40. The van der Waals surface area contributed by atoms with E-state index in [-0.39, 0.29) is 5.16 Å². The first-order valence-electron chi connectivity index (χ1n) is 10.6. The van der Waals surface area contributed by atoms with E-state index >= 15 is 0 Å². The standard InChI is InChI=1S/C21H34N5O3PS/c1-21(2,3)30(25-8-12-28-13-9-25,26-10-14-29-15-11-26)24-20(31)23-22-17-18-6-5-7-19(16-18)27-4/h5-7,16-17H,8-15H2,1-4H3,(H,23,31)/b22-17-. The number of methoxy groups -OCH3 is 1. The Kier molecular flexibility index (Phi) is 8.61. The number of morpholine rings is 2. The number of thiocarbonyl (C=S) groups is 1. The van der Waals surface area contributed by atoms with E-state index < -0.39 is 7.36 Å². The van der Waals surface area contributed by atoms with Crippen LogP contribution in [0.1, 0.15) is 26.3 Å². The average Bonchev–Trinajstić information content (AvgIpc) is 2.78. The topological polar surface area (TPSA) is 70.9 Å². The lowest BCUT2D eigenvalue weighted by molar-refractivity contribution is 0.0551. The molecule has 2 heterocycles. The Morgan fingerprint density at radius 1 is 1.10 bits per heavy atom. The second-order valence-electron chi connectivity index (χ2n) is 8.42. The zero-order valence-corrected chi connectivity index (χ0v) is 20.6. The third-order valence-corrected chi connectivity index (χ3v) is 10.3. The Morgan fingerprint density at radius 2 is 1.68 bits per heavy atom. The number of hydrazone groups is 1. The van der Waals surface area contributed by atoms with Crippen molar-refractivity contribution in [2.45, 2.75) is 25.9 Å². The van der Waals surface area contributed by atoms with E-state index in [0.29, 0.717) is 31.5 Å². The number of hydrogen-bond acceptors (Lipinski definition) is 5. The minimum Gasteiger partial charge on any atom is -0.497 e. The van der Waals surface area contributed by atoms with Crippen LogP contribution in [0.2, 0.25) is 0 Å². The number of rotatable bonds is 5. The van der Waals surface area contributed by atoms with E-state index in [1.165, 1.54) is 0 Å². The van der Waals surface area contributed by atoms with E-state index in [4.69, 9.17) is 31.2 Å². The maximum absolute atomic E-state index is 5.67. The van der Waals surface area contributed by atoms with Crippen LogP contribution in [0.25, 0.3) is 0 Å². The number of hydrogen-bond donors (Lipinski definition) is 1. The predicted molar refractivity (Wildman–Crippen MR) is 130 cm³/mol. The molecule has 2 aliphatic rings. The number of benzene rings is 1. The van der Waals surface area contributed by atoms with Crippen LogP contribution in [-0.2, 0) is 9.47 Å². The van der Waals surface area contributed by atoms with Crippen molar-refractivity contribution in [3.8, 4) is 5.75 Å². The monoisotopic (exact) mass is 467 g/mol. The molecule has 10 heteroatoms. The molecule has 0 aromatic heterocycles. The van der Waals surface area contributed by atoms with Gasteiger partial charge in [0.05, 0.1) is 39.8 Å². The summed E-state index contributed by atoms with van der Waals surface area (Å²) in [4.78, 5) is 0. The fourth-order valence-electron chi connectivity index (χ4n) is 4.00. The van der Waals surface area contributed by atoms with Gasteiger partial charge in [0, 0.05) is 31.3 Å². The number of nitrogens with zero attached hydrogens (tertiary/aromatic N) is 4. The van der Waals surface area contributed by atoms with Gasteiger partial charge >= 0.3 is 0 Å². The van der Waals surface area contributed by atoms with E-state index in [2.05, 4.69) is 40.6 Å². The molecule has 3 rings (SSSR count). The van der Waals surface area contributed by atoms with Crippen molar-refractivity contribution in [3.63, 3.8) is 0 Å². The Labute approximate surface area is 191 Å². The highest BCUT2D eigenvalue weighted by molar-refractivity contribution is 7.81. The smallest absolute Gasteiger partial charge is 0.214 e. The zero-order chi connectivity index (χ0) is 22.3. The first-order valence-corrected chi connectivity index (χ1v) is 12.7. The van der Waals surface area contributed by atoms with Crippen molar-refractivity contribution in [1.82, 2.24) is 14.8 Å². The molecular weight excluding hydrogens is 433 g/mol. The van der Waals surface area contributed by atoms with Gasteiger partial charge in [-0.15, -0.1) is 0 Å². The normalized spacial score (nSPS) is 19.4. The summed E-state index contributed by atoms with van der Waals surface area (Å²) in [6.45, 7) is 13.0. The van der Waals surface area contributed by atoms with Gasteiger partial charge in [-0.1, -0.05) is 32.9 Å². The van der Waals surface area contributed by atoms with Crippen LogP contribution in [0.3, 0.4) is 0 Å². The summed E-state index contributed by atoms with van der Waals surface area (Å²) in [6, 6.07) is 7.70. The van der Waals surface area contributed by atoms with Crippen LogP contribution < -0.4 is 10.2 Å². The zero-order valence-electron chi connectivity index (χ0n) is 18.9. The third-order valence-electron chi connectivity index (χ3n) is 5.36. The molecule has 0 radical (unpaired) electrons. The van der Waals surface area contributed by atoms with Crippen LogP contribution in [0.4, 0.5) is 0 Å². The molecule has 0 spiro atoms. The molecule has 0 unspecified atom stereocenters. The van der Waals surface area contributed by atoms with Crippen LogP contribution in [-0.4, -0.2) is 85.5 Å². The third kappa shape index (κ3) is 5.92. The molecule has 0 aliphatic carbocycles. The van der Waals surface area contributed by atoms with Gasteiger partial charge in [-0.05, 0) is 29.9 Å².